The number of halogens is 2. The minimum Gasteiger partial charge on any atom is -0.393 e. The fourth-order valence-electron chi connectivity index (χ4n) is 3.03. The Morgan fingerprint density at radius 3 is 2.33 bits per heavy atom. The predicted octanol–water partition coefficient (Wildman–Crippen LogP) is 2.10. The van der Waals surface area contributed by atoms with Crippen LogP contribution >= 0.6 is 23.2 Å². The third-order valence-electron chi connectivity index (χ3n) is 3.68. The van der Waals surface area contributed by atoms with E-state index >= 15 is 0 Å². The van der Waals surface area contributed by atoms with Crippen LogP contribution in [-0.4, -0.2) is 23.0 Å². The average molecular weight is 209 g/mol. The molecule has 1 N–H and O–H groups in total. The van der Waals surface area contributed by atoms with Gasteiger partial charge in [0, 0.05) is 11.8 Å². The maximum absolute atomic E-state index is 9.63. The van der Waals surface area contributed by atoms with Crippen LogP contribution in [0.5, 0.6) is 0 Å². The monoisotopic (exact) mass is 208 g/mol. The van der Waals surface area contributed by atoms with Gasteiger partial charge in [-0.15, -0.1) is 23.2 Å². The van der Waals surface area contributed by atoms with E-state index in [2.05, 4.69) is 0 Å². The Morgan fingerprint density at radius 1 is 1.08 bits per heavy atom. The summed E-state index contributed by atoms with van der Waals surface area (Å²) in [5.74, 6) is 3.50. The van der Waals surface area contributed by atoms with Crippen LogP contribution in [0.4, 0.5) is 0 Å². The summed E-state index contributed by atoms with van der Waals surface area (Å²) in [5.41, 5.74) is 0. The van der Waals surface area contributed by atoms with Gasteiger partial charge < -0.3 is 5.11 Å². The molecule has 0 aromatic heterocycles. The fraction of sp³-hybridized carbons (Fsp3) is 1.00. The first kappa shape index (κ1) is 9.11. The number of rotatable bonds is 2. The van der Waals surface area contributed by atoms with E-state index in [1.807, 2.05) is 0 Å². The van der Waals surface area contributed by atoms with Crippen LogP contribution in [0.1, 0.15) is 12.8 Å². The van der Waals surface area contributed by atoms with Crippen molar-refractivity contribution < 1.29 is 5.11 Å². The van der Waals surface area contributed by atoms with Gasteiger partial charge in [0.2, 0.25) is 0 Å². The summed E-state index contributed by atoms with van der Waals surface area (Å²) in [6.07, 6.45) is 2.00. The molecule has 2 fully saturated rings. The highest BCUT2D eigenvalue weighted by atomic mass is 35.5. The second-order valence-electron chi connectivity index (χ2n) is 4.10. The van der Waals surface area contributed by atoms with Crippen molar-refractivity contribution in [2.45, 2.75) is 18.9 Å². The predicted molar refractivity (Wildman–Crippen MR) is 50.6 cm³/mol. The van der Waals surface area contributed by atoms with Gasteiger partial charge >= 0.3 is 0 Å². The number of hydrogen-bond donors (Lipinski definition) is 1. The van der Waals surface area contributed by atoms with Gasteiger partial charge in [-0.1, -0.05) is 0 Å². The van der Waals surface area contributed by atoms with Crippen molar-refractivity contribution >= 4 is 23.2 Å². The minimum absolute atomic E-state index is 0.0989. The van der Waals surface area contributed by atoms with Crippen molar-refractivity contribution in [3.8, 4) is 0 Å². The molecule has 0 radical (unpaired) electrons. The molecule has 2 aliphatic carbocycles. The Bertz CT molecular complexity index is 172. The summed E-state index contributed by atoms with van der Waals surface area (Å²) in [6, 6.07) is 0. The van der Waals surface area contributed by atoms with E-state index in [-0.39, 0.29) is 6.10 Å². The summed E-state index contributed by atoms with van der Waals surface area (Å²) in [4.78, 5) is 0. The number of hydrogen-bond acceptors (Lipinski definition) is 1. The highest BCUT2D eigenvalue weighted by molar-refractivity contribution is 6.19. The lowest BCUT2D eigenvalue weighted by molar-refractivity contribution is 0.0665. The van der Waals surface area contributed by atoms with Crippen LogP contribution in [0.3, 0.4) is 0 Å². The van der Waals surface area contributed by atoms with E-state index in [1.165, 1.54) is 0 Å². The molecule has 2 rings (SSSR count). The Kier molecular flexibility index (Phi) is 2.55. The van der Waals surface area contributed by atoms with Gasteiger partial charge in [0.1, 0.15) is 0 Å². The molecule has 2 unspecified atom stereocenters. The van der Waals surface area contributed by atoms with Gasteiger partial charge in [0.15, 0.2) is 0 Å². The first-order chi connectivity index (χ1) is 5.77. The largest absolute Gasteiger partial charge is 0.393 e. The molecule has 2 aliphatic rings. The van der Waals surface area contributed by atoms with Gasteiger partial charge in [0.05, 0.1) is 6.10 Å². The zero-order valence-electron chi connectivity index (χ0n) is 6.92. The van der Waals surface area contributed by atoms with Crippen molar-refractivity contribution in [1.29, 1.82) is 0 Å². The van der Waals surface area contributed by atoms with Crippen LogP contribution in [0.25, 0.3) is 0 Å². The van der Waals surface area contributed by atoms with Gasteiger partial charge in [-0.05, 0) is 36.5 Å². The molecule has 0 aromatic carbocycles. The fourth-order valence-corrected chi connectivity index (χ4v) is 3.97. The second kappa shape index (κ2) is 3.36. The quantitative estimate of drug-likeness (QED) is 0.690. The molecule has 2 saturated carbocycles. The average Bonchev–Trinajstić information content (AvgIpc) is 2.58. The zero-order chi connectivity index (χ0) is 8.72. The lowest BCUT2D eigenvalue weighted by Crippen LogP contribution is -2.33. The summed E-state index contributed by atoms with van der Waals surface area (Å²) in [5, 5.41) is 9.63. The van der Waals surface area contributed by atoms with E-state index in [9.17, 15) is 5.11 Å². The van der Waals surface area contributed by atoms with Crippen molar-refractivity contribution in [2.75, 3.05) is 11.8 Å². The molecule has 0 amide bonds. The van der Waals surface area contributed by atoms with E-state index in [0.717, 1.165) is 12.8 Å². The first-order valence-electron chi connectivity index (χ1n) is 4.58. The topological polar surface area (TPSA) is 20.2 Å². The Labute approximate surface area is 83.0 Å². The minimum atomic E-state index is -0.0989. The normalized spacial score (nSPS) is 51.8. The van der Waals surface area contributed by atoms with Crippen LogP contribution in [-0.2, 0) is 0 Å². The third-order valence-corrected chi connectivity index (χ3v) is 4.39. The number of alkyl halides is 2. The van der Waals surface area contributed by atoms with Crippen molar-refractivity contribution in [3.63, 3.8) is 0 Å². The molecule has 3 heteroatoms. The molecule has 12 heavy (non-hydrogen) atoms. The Morgan fingerprint density at radius 2 is 1.75 bits per heavy atom. The van der Waals surface area contributed by atoms with E-state index < -0.39 is 0 Å². The van der Waals surface area contributed by atoms with Gasteiger partial charge in [-0.3, -0.25) is 0 Å². The summed E-state index contributed by atoms with van der Waals surface area (Å²) in [6.45, 7) is 0. The van der Waals surface area contributed by atoms with Crippen molar-refractivity contribution in [1.82, 2.24) is 0 Å². The van der Waals surface area contributed by atoms with Crippen molar-refractivity contribution in [3.05, 3.63) is 0 Å². The van der Waals surface area contributed by atoms with Gasteiger partial charge in [0.25, 0.3) is 0 Å². The number of aliphatic hydroxyl groups is 1. The highest BCUT2D eigenvalue weighted by Crippen LogP contribution is 2.52. The molecule has 70 valence electrons. The maximum atomic E-state index is 9.63. The molecular weight excluding hydrogens is 195 g/mol. The van der Waals surface area contributed by atoms with Crippen LogP contribution in [0.2, 0.25) is 0 Å². The van der Waals surface area contributed by atoms with Crippen molar-refractivity contribution in [2.24, 2.45) is 23.7 Å². The van der Waals surface area contributed by atoms with Crippen LogP contribution in [0.15, 0.2) is 0 Å². The molecule has 2 bridgehead atoms. The molecule has 0 spiro atoms. The SMILES string of the molecule is O[C@@H]1C[C@@H]2C[C@H]1C(CCl)C2CCl. The number of fused-ring (bicyclic) bond motifs is 2. The molecule has 5 atom stereocenters. The molecule has 0 saturated heterocycles. The van der Waals surface area contributed by atoms with E-state index in [1.54, 1.807) is 0 Å². The maximum Gasteiger partial charge on any atom is 0.0574 e. The Balaban J connectivity index is 2.11. The zero-order valence-corrected chi connectivity index (χ0v) is 8.43. The summed E-state index contributed by atoms with van der Waals surface area (Å²) >= 11 is 11.8. The first-order valence-corrected chi connectivity index (χ1v) is 5.64. The number of aliphatic hydroxyl groups excluding tert-OH is 1. The molecule has 0 heterocycles. The highest BCUT2D eigenvalue weighted by Gasteiger charge is 2.51. The summed E-state index contributed by atoms with van der Waals surface area (Å²) < 4.78 is 0. The smallest absolute Gasteiger partial charge is 0.0574 e. The standard InChI is InChI=1S/C9H14Cl2O/c10-3-7-5-1-6(8(7)4-11)9(12)2-5/h5-9,12H,1-4H2/t5-,6-,7?,8?,9+/m0/s1. The third kappa shape index (κ3) is 1.18. The van der Waals surface area contributed by atoms with E-state index in [0.29, 0.717) is 35.4 Å². The summed E-state index contributed by atoms with van der Waals surface area (Å²) in [7, 11) is 0. The lowest BCUT2D eigenvalue weighted by atomic mass is 9.80. The Hall–Kier alpha value is 0.540. The lowest BCUT2D eigenvalue weighted by Gasteiger charge is -2.31. The van der Waals surface area contributed by atoms with Gasteiger partial charge in [-0.2, -0.15) is 0 Å². The molecule has 0 aliphatic heterocycles. The molecular formula is C9H14Cl2O. The van der Waals surface area contributed by atoms with E-state index in [4.69, 9.17) is 23.2 Å². The molecule has 1 nitrogen and oxygen atoms in total. The van der Waals surface area contributed by atoms with Crippen LogP contribution < -0.4 is 0 Å². The van der Waals surface area contributed by atoms with Crippen LogP contribution in [0, 0.1) is 23.7 Å². The second-order valence-corrected chi connectivity index (χ2v) is 4.72. The van der Waals surface area contributed by atoms with Gasteiger partial charge in [-0.25, -0.2) is 0 Å². The molecule has 0 aromatic rings.